The topological polar surface area (TPSA) is 41.6 Å². The molecule has 1 aromatic carbocycles. The summed E-state index contributed by atoms with van der Waals surface area (Å²) in [6, 6.07) is 8.31. The van der Waals surface area contributed by atoms with Crippen molar-refractivity contribution < 1.29 is 0 Å². The number of allylic oxidation sites excluding steroid dienone is 4. The van der Waals surface area contributed by atoms with Crippen LogP contribution >= 0.6 is 0 Å². The molecular weight excluding hydrogens is 318 g/mol. The van der Waals surface area contributed by atoms with E-state index in [9.17, 15) is 0 Å². The van der Waals surface area contributed by atoms with Gasteiger partial charge in [0, 0.05) is 42.5 Å². The molecule has 0 spiro atoms. The van der Waals surface area contributed by atoms with Crippen molar-refractivity contribution in [3.05, 3.63) is 83.7 Å². The van der Waals surface area contributed by atoms with Crippen LogP contribution in [0.2, 0.25) is 0 Å². The highest BCUT2D eigenvalue weighted by molar-refractivity contribution is 5.74. The van der Waals surface area contributed by atoms with E-state index >= 15 is 0 Å². The van der Waals surface area contributed by atoms with Crippen LogP contribution in [0.15, 0.2) is 77.6 Å². The van der Waals surface area contributed by atoms with Gasteiger partial charge in [0.05, 0.1) is 0 Å². The number of benzene rings is 1. The number of nitrogens with two attached hydrogens (primary N) is 1. The largest absolute Gasteiger partial charge is 0.399 e. The molecule has 26 heavy (non-hydrogen) atoms. The minimum atomic E-state index is 0.507. The Morgan fingerprint density at radius 2 is 2.00 bits per heavy atom. The summed E-state index contributed by atoms with van der Waals surface area (Å²) in [7, 11) is 0. The summed E-state index contributed by atoms with van der Waals surface area (Å²) in [6.07, 6.45) is 11.7. The molecule has 2 aliphatic heterocycles. The maximum absolute atomic E-state index is 5.98. The van der Waals surface area contributed by atoms with E-state index in [1.807, 2.05) is 30.5 Å². The Morgan fingerprint density at radius 1 is 1.27 bits per heavy atom. The van der Waals surface area contributed by atoms with Gasteiger partial charge >= 0.3 is 0 Å². The summed E-state index contributed by atoms with van der Waals surface area (Å²) in [5.41, 5.74) is 12.6. The molecule has 1 fully saturated rings. The smallest absolute Gasteiger partial charge is 0.0372 e. The number of piperidine rings is 1. The third-order valence-electron chi connectivity index (χ3n) is 5.21. The molecule has 2 N–H and O–H groups in total. The van der Waals surface area contributed by atoms with Gasteiger partial charge in [-0.3, -0.25) is 4.99 Å². The Kier molecular flexibility index (Phi) is 5.57. The van der Waals surface area contributed by atoms with Crippen molar-refractivity contribution in [1.29, 1.82) is 0 Å². The van der Waals surface area contributed by atoms with Gasteiger partial charge in [-0.15, -0.1) is 0 Å². The monoisotopic (exact) mass is 345 g/mol. The number of nitrogens with zero attached hydrogens (tertiary/aromatic N) is 2. The van der Waals surface area contributed by atoms with Crippen LogP contribution in [-0.4, -0.2) is 24.2 Å². The second-order valence-corrected chi connectivity index (χ2v) is 6.88. The zero-order chi connectivity index (χ0) is 18.5. The predicted molar refractivity (Wildman–Crippen MR) is 112 cm³/mol. The lowest BCUT2D eigenvalue weighted by Crippen LogP contribution is -2.33. The summed E-state index contributed by atoms with van der Waals surface area (Å²) in [5, 5.41) is 0. The van der Waals surface area contributed by atoms with E-state index in [2.05, 4.69) is 48.2 Å². The van der Waals surface area contributed by atoms with Gasteiger partial charge < -0.3 is 10.6 Å². The molecule has 0 amide bonds. The van der Waals surface area contributed by atoms with Crippen LogP contribution in [0.4, 0.5) is 0 Å². The molecule has 0 bridgehead atoms. The van der Waals surface area contributed by atoms with Gasteiger partial charge in [-0.25, -0.2) is 0 Å². The molecule has 0 atom stereocenters. The molecule has 3 heteroatoms. The molecule has 1 saturated heterocycles. The lowest BCUT2D eigenvalue weighted by atomic mass is 9.85. The quantitative estimate of drug-likeness (QED) is 0.854. The minimum absolute atomic E-state index is 0.507. The van der Waals surface area contributed by atoms with E-state index in [-0.39, 0.29) is 0 Å². The summed E-state index contributed by atoms with van der Waals surface area (Å²) < 4.78 is 0. The number of likely N-dealkylation sites (tertiary alicyclic amines) is 1. The fraction of sp³-hybridized carbons (Fsp3) is 0.261. The van der Waals surface area contributed by atoms with Crippen LogP contribution < -0.4 is 5.73 Å². The minimum Gasteiger partial charge on any atom is -0.399 e. The first-order valence-electron chi connectivity index (χ1n) is 9.13. The fourth-order valence-corrected chi connectivity index (χ4v) is 3.73. The van der Waals surface area contributed by atoms with Crippen LogP contribution in [0.1, 0.15) is 30.9 Å². The highest BCUT2D eigenvalue weighted by Gasteiger charge is 2.24. The Bertz CT molecular complexity index is 816. The summed E-state index contributed by atoms with van der Waals surface area (Å²) in [6.45, 7) is 12.4. The normalized spacial score (nSPS) is 25.6. The van der Waals surface area contributed by atoms with Gasteiger partial charge in [-0.2, -0.15) is 0 Å². The average molecular weight is 345 g/mol. The van der Waals surface area contributed by atoms with E-state index in [0.717, 1.165) is 42.9 Å². The number of rotatable bonds is 4. The van der Waals surface area contributed by atoms with Crippen molar-refractivity contribution in [2.45, 2.75) is 19.8 Å². The van der Waals surface area contributed by atoms with Crippen molar-refractivity contribution in [1.82, 2.24) is 4.90 Å². The number of hydrogen-bond donors (Lipinski definition) is 1. The summed E-state index contributed by atoms with van der Waals surface area (Å²) >= 11 is 0. The molecule has 0 saturated carbocycles. The third-order valence-corrected chi connectivity index (χ3v) is 5.21. The number of hydrogen-bond acceptors (Lipinski definition) is 3. The Hall–Kier alpha value is -2.81. The molecule has 1 aromatic rings. The van der Waals surface area contributed by atoms with Crippen molar-refractivity contribution in [2.24, 2.45) is 16.6 Å². The molecule has 0 aromatic heterocycles. The molecule has 0 unspecified atom stereocenters. The van der Waals surface area contributed by atoms with E-state index in [4.69, 9.17) is 5.73 Å². The molecule has 0 radical (unpaired) electrons. The Balaban J connectivity index is 1.70. The first-order chi connectivity index (χ1) is 12.6. The maximum Gasteiger partial charge on any atom is 0.0372 e. The SMILES string of the molecule is C=Cc1ccccc1C(=C)N1CCC(C2=C/N=C/C=C(N)\C=C\2C)CC1. The van der Waals surface area contributed by atoms with Gasteiger partial charge in [0.2, 0.25) is 0 Å². The van der Waals surface area contributed by atoms with Crippen LogP contribution in [0.5, 0.6) is 0 Å². The first-order valence-corrected chi connectivity index (χ1v) is 9.13. The van der Waals surface area contributed by atoms with Crippen LogP contribution in [0, 0.1) is 5.92 Å². The van der Waals surface area contributed by atoms with Gasteiger partial charge in [-0.05, 0) is 54.5 Å². The Labute approximate surface area is 156 Å². The maximum atomic E-state index is 5.98. The Morgan fingerprint density at radius 3 is 2.73 bits per heavy atom. The van der Waals surface area contributed by atoms with Crippen molar-refractivity contribution in [2.75, 3.05) is 13.1 Å². The molecule has 0 aliphatic carbocycles. The molecule has 3 nitrogen and oxygen atoms in total. The standard InChI is InChI=1S/C23H27N3/c1-4-19-7-5-6-8-22(19)18(3)26-13-10-20(11-14-26)23-16-25-12-9-21(24)15-17(23)2/h4-9,12,15-16,20H,1,3,10-11,13-14,24H2,2H3/b12-9?,17-15+,21-9+,21-15?,23-16+,23-17?,25-12+,25-16?. The van der Waals surface area contributed by atoms with E-state index in [1.54, 1.807) is 6.21 Å². The fourth-order valence-electron chi connectivity index (χ4n) is 3.73. The lowest BCUT2D eigenvalue weighted by molar-refractivity contribution is 0.279. The summed E-state index contributed by atoms with van der Waals surface area (Å²) in [5.74, 6) is 0.507. The second-order valence-electron chi connectivity index (χ2n) is 6.88. The van der Waals surface area contributed by atoms with Gasteiger partial charge in [0.15, 0.2) is 0 Å². The molecular formula is C23H27N3. The van der Waals surface area contributed by atoms with E-state index < -0.39 is 0 Å². The van der Waals surface area contributed by atoms with Gasteiger partial charge in [-0.1, -0.05) is 43.5 Å². The number of aliphatic imine (C=N–C) groups is 1. The van der Waals surface area contributed by atoms with E-state index in [1.165, 1.54) is 16.7 Å². The third kappa shape index (κ3) is 3.88. The average Bonchev–Trinajstić information content (AvgIpc) is 2.66. The first kappa shape index (κ1) is 18.0. The van der Waals surface area contributed by atoms with Gasteiger partial charge in [0.1, 0.15) is 0 Å². The lowest BCUT2D eigenvalue weighted by Gasteiger charge is -2.36. The zero-order valence-electron chi connectivity index (χ0n) is 15.5. The molecule has 134 valence electrons. The van der Waals surface area contributed by atoms with Gasteiger partial charge in [0.25, 0.3) is 0 Å². The van der Waals surface area contributed by atoms with Crippen molar-refractivity contribution in [3.63, 3.8) is 0 Å². The molecule has 2 heterocycles. The van der Waals surface area contributed by atoms with Crippen LogP contribution in [0.25, 0.3) is 11.8 Å². The highest BCUT2D eigenvalue weighted by Crippen LogP contribution is 2.33. The van der Waals surface area contributed by atoms with Crippen molar-refractivity contribution >= 4 is 18.0 Å². The summed E-state index contributed by atoms with van der Waals surface area (Å²) in [4.78, 5) is 6.77. The van der Waals surface area contributed by atoms with Crippen LogP contribution in [0.3, 0.4) is 0 Å². The van der Waals surface area contributed by atoms with E-state index in [0.29, 0.717) is 5.92 Å². The zero-order valence-corrected chi connectivity index (χ0v) is 15.5. The molecule has 3 rings (SSSR count). The second kappa shape index (κ2) is 8.05. The van der Waals surface area contributed by atoms with Crippen LogP contribution in [-0.2, 0) is 0 Å². The highest BCUT2D eigenvalue weighted by atomic mass is 15.1. The van der Waals surface area contributed by atoms with Crippen molar-refractivity contribution in [3.8, 4) is 0 Å². The molecule has 2 aliphatic rings. The predicted octanol–water partition coefficient (Wildman–Crippen LogP) is 4.77.